The van der Waals surface area contributed by atoms with E-state index in [9.17, 15) is 4.79 Å². The SMILES string of the molecule is [2H]C([2H])([2H])Oc1ccc(N2C(=O)N(Cc3ccc(OC)cc3OC)Cc3c(Cl)nc(SC)nc32)cc1. The van der Waals surface area contributed by atoms with Gasteiger partial charge in [-0.15, -0.1) is 0 Å². The van der Waals surface area contributed by atoms with E-state index in [0.717, 1.165) is 5.56 Å². The van der Waals surface area contributed by atoms with Crippen LogP contribution in [-0.4, -0.2) is 48.4 Å². The van der Waals surface area contributed by atoms with E-state index in [0.29, 0.717) is 33.7 Å². The van der Waals surface area contributed by atoms with Crippen molar-refractivity contribution in [2.24, 2.45) is 0 Å². The fourth-order valence-electron chi connectivity index (χ4n) is 3.54. The molecular weight excluding hydrogens is 464 g/mol. The van der Waals surface area contributed by atoms with Gasteiger partial charge in [-0.2, -0.15) is 0 Å². The minimum absolute atomic E-state index is 0.147. The van der Waals surface area contributed by atoms with Crippen molar-refractivity contribution in [3.63, 3.8) is 0 Å². The Morgan fingerprint density at radius 1 is 1.09 bits per heavy atom. The molecule has 1 aliphatic heterocycles. The van der Waals surface area contributed by atoms with Crippen LogP contribution in [0, 0.1) is 0 Å². The van der Waals surface area contributed by atoms with Crippen LogP contribution in [0.2, 0.25) is 5.15 Å². The lowest BCUT2D eigenvalue weighted by Crippen LogP contribution is -2.45. The Labute approximate surface area is 205 Å². The number of halogens is 1. The molecule has 10 heteroatoms. The van der Waals surface area contributed by atoms with E-state index < -0.39 is 7.04 Å². The molecule has 2 heterocycles. The average Bonchev–Trinajstić information content (AvgIpc) is 2.84. The van der Waals surface area contributed by atoms with Crippen LogP contribution in [0.15, 0.2) is 47.6 Å². The molecule has 0 spiro atoms. The zero-order valence-electron chi connectivity index (χ0n) is 21.2. The van der Waals surface area contributed by atoms with Gasteiger partial charge in [0.05, 0.1) is 49.7 Å². The first-order valence-corrected chi connectivity index (χ1v) is 11.4. The lowest BCUT2D eigenvalue weighted by Gasteiger charge is -2.36. The van der Waals surface area contributed by atoms with Gasteiger partial charge in [-0.05, 0) is 42.7 Å². The van der Waals surface area contributed by atoms with Gasteiger partial charge in [0.2, 0.25) is 0 Å². The second-order valence-corrected chi connectivity index (χ2v) is 8.18. The zero-order valence-corrected chi connectivity index (χ0v) is 19.7. The summed E-state index contributed by atoms with van der Waals surface area (Å²) in [5.41, 5.74) is 1.82. The largest absolute Gasteiger partial charge is 0.497 e. The highest BCUT2D eigenvalue weighted by atomic mass is 35.5. The smallest absolute Gasteiger partial charge is 0.330 e. The van der Waals surface area contributed by atoms with E-state index >= 15 is 0 Å². The maximum atomic E-state index is 13.8. The molecule has 33 heavy (non-hydrogen) atoms. The number of aromatic nitrogens is 2. The van der Waals surface area contributed by atoms with Gasteiger partial charge in [-0.25, -0.2) is 19.7 Å². The summed E-state index contributed by atoms with van der Waals surface area (Å²) in [5, 5.41) is 0.667. The molecule has 0 bridgehead atoms. The van der Waals surface area contributed by atoms with Crippen molar-refractivity contribution in [1.82, 2.24) is 14.9 Å². The molecule has 2 amide bonds. The first kappa shape index (κ1) is 19.3. The third kappa shape index (κ3) is 4.51. The van der Waals surface area contributed by atoms with E-state index in [1.54, 1.807) is 43.4 Å². The zero-order chi connectivity index (χ0) is 26.0. The molecule has 0 radical (unpaired) electrons. The number of anilines is 2. The Morgan fingerprint density at radius 2 is 1.85 bits per heavy atom. The van der Waals surface area contributed by atoms with Gasteiger partial charge in [-0.1, -0.05) is 23.4 Å². The fourth-order valence-corrected chi connectivity index (χ4v) is 4.17. The lowest BCUT2D eigenvalue weighted by atomic mass is 10.1. The number of ether oxygens (including phenoxy) is 3. The molecule has 1 aliphatic rings. The third-order valence-corrected chi connectivity index (χ3v) is 6.05. The highest BCUT2D eigenvalue weighted by molar-refractivity contribution is 7.98. The summed E-state index contributed by atoms with van der Waals surface area (Å²) in [6, 6.07) is 11.2. The Balaban J connectivity index is 1.75. The molecule has 0 fully saturated rings. The van der Waals surface area contributed by atoms with Crippen LogP contribution >= 0.6 is 23.4 Å². The number of benzene rings is 2. The summed E-state index contributed by atoms with van der Waals surface area (Å²) in [6.07, 6.45) is 1.82. The number of fused-ring (bicyclic) bond motifs is 1. The molecule has 1 aromatic heterocycles. The van der Waals surface area contributed by atoms with Crippen LogP contribution < -0.4 is 19.1 Å². The number of carbonyl (C=O) groups excluding carboxylic acids is 1. The standard InChI is InChI=1S/C23H23ClN4O4S/c1-30-16-9-6-15(7-10-16)28-21-18(20(24)25-22(26-21)33-4)13-27(23(28)29)12-14-5-8-17(31-2)11-19(14)32-3/h5-11H,12-13H2,1-4H3/i1D3. The van der Waals surface area contributed by atoms with Crippen LogP contribution in [0.5, 0.6) is 17.2 Å². The minimum atomic E-state index is -2.59. The Hall–Kier alpha value is -3.17. The minimum Gasteiger partial charge on any atom is -0.497 e. The highest BCUT2D eigenvalue weighted by Crippen LogP contribution is 2.39. The monoisotopic (exact) mass is 489 g/mol. The molecule has 4 rings (SSSR count). The van der Waals surface area contributed by atoms with E-state index in [1.807, 2.05) is 12.3 Å². The second kappa shape index (κ2) is 9.76. The van der Waals surface area contributed by atoms with E-state index in [4.69, 9.17) is 29.9 Å². The van der Waals surface area contributed by atoms with E-state index in [1.165, 1.54) is 28.8 Å². The van der Waals surface area contributed by atoms with E-state index in [-0.39, 0.29) is 30.0 Å². The maximum Gasteiger partial charge on any atom is 0.330 e. The van der Waals surface area contributed by atoms with Crippen molar-refractivity contribution in [2.75, 3.05) is 32.4 Å². The van der Waals surface area contributed by atoms with Gasteiger partial charge in [0.15, 0.2) is 11.0 Å². The number of amides is 2. The van der Waals surface area contributed by atoms with Crippen LogP contribution in [0.1, 0.15) is 15.2 Å². The van der Waals surface area contributed by atoms with Crippen molar-refractivity contribution in [1.29, 1.82) is 0 Å². The number of methoxy groups -OCH3 is 3. The van der Waals surface area contributed by atoms with E-state index in [2.05, 4.69) is 9.97 Å². The van der Waals surface area contributed by atoms with Crippen molar-refractivity contribution >= 4 is 40.9 Å². The number of urea groups is 1. The van der Waals surface area contributed by atoms with Gasteiger partial charge in [0, 0.05) is 11.6 Å². The summed E-state index contributed by atoms with van der Waals surface area (Å²) >= 11 is 7.84. The van der Waals surface area contributed by atoms with Gasteiger partial charge in [0.1, 0.15) is 22.4 Å². The Morgan fingerprint density at radius 3 is 2.52 bits per heavy atom. The van der Waals surface area contributed by atoms with Gasteiger partial charge < -0.3 is 19.1 Å². The average molecular weight is 490 g/mol. The van der Waals surface area contributed by atoms with Crippen molar-refractivity contribution in [3.8, 4) is 17.2 Å². The summed E-state index contributed by atoms with van der Waals surface area (Å²) in [7, 11) is 0.531. The van der Waals surface area contributed by atoms with Crippen molar-refractivity contribution in [3.05, 3.63) is 58.7 Å². The molecule has 8 nitrogen and oxygen atoms in total. The molecule has 0 N–H and O–H groups in total. The Bertz CT molecular complexity index is 1280. The quantitative estimate of drug-likeness (QED) is 0.258. The number of nitrogens with zero attached hydrogens (tertiary/aromatic N) is 4. The molecule has 0 aliphatic carbocycles. The maximum absolute atomic E-state index is 13.8. The molecule has 0 atom stereocenters. The van der Waals surface area contributed by atoms with Crippen LogP contribution in [0.4, 0.5) is 16.3 Å². The molecular formula is C23H23ClN4O4S. The summed E-state index contributed by atoms with van der Waals surface area (Å²) in [6.45, 7) is 0.413. The van der Waals surface area contributed by atoms with Gasteiger partial charge in [-0.3, -0.25) is 0 Å². The fraction of sp³-hybridized carbons (Fsp3) is 0.261. The third-order valence-electron chi connectivity index (χ3n) is 5.19. The molecule has 172 valence electrons. The lowest BCUT2D eigenvalue weighted by molar-refractivity contribution is 0.197. The molecule has 2 aromatic carbocycles. The van der Waals surface area contributed by atoms with Crippen LogP contribution in [0.3, 0.4) is 0 Å². The first-order chi connectivity index (χ1) is 17.1. The number of hydrogen-bond donors (Lipinski definition) is 0. The topological polar surface area (TPSA) is 77.0 Å². The number of thioether (sulfide) groups is 1. The normalized spacial score (nSPS) is 14.8. The number of rotatable bonds is 7. The van der Waals surface area contributed by atoms with Crippen molar-refractivity contribution < 1.29 is 23.1 Å². The highest BCUT2D eigenvalue weighted by Gasteiger charge is 2.35. The van der Waals surface area contributed by atoms with Crippen molar-refractivity contribution in [2.45, 2.75) is 18.2 Å². The predicted molar refractivity (Wildman–Crippen MR) is 128 cm³/mol. The summed E-state index contributed by atoms with van der Waals surface area (Å²) < 4.78 is 37.6. The van der Waals surface area contributed by atoms with Crippen LogP contribution in [0.25, 0.3) is 0 Å². The predicted octanol–water partition coefficient (Wildman–Crippen LogP) is 5.15. The Kier molecular flexibility index (Phi) is 5.71. The van der Waals surface area contributed by atoms with Gasteiger partial charge in [0.25, 0.3) is 0 Å². The summed E-state index contributed by atoms with van der Waals surface area (Å²) in [4.78, 5) is 25.7. The molecule has 0 saturated carbocycles. The number of hydrogen-bond acceptors (Lipinski definition) is 7. The van der Waals surface area contributed by atoms with Crippen LogP contribution in [-0.2, 0) is 13.1 Å². The molecule has 3 aromatic rings. The molecule has 0 saturated heterocycles. The number of carbonyl (C=O) groups is 1. The first-order valence-electron chi connectivity index (χ1n) is 11.3. The summed E-state index contributed by atoms with van der Waals surface area (Å²) in [5.74, 6) is 1.72. The van der Waals surface area contributed by atoms with Gasteiger partial charge >= 0.3 is 6.03 Å². The second-order valence-electron chi connectivity index (χ2n) is 7.05. The molecule has 0 unspecified atom stereocenters.